The molecule has 8 aromatic carbocycles. The number of hydrogen-bond acceptors (Lipinski definition) is 10. The number of hydrogen-bond donors (Lipinski definition) is 0. The molecule has 0 aliphatic carbocycles. The predicted octanol–water partition coefficient (Wildman–Crippen LogP) is 17.7. The van der Waals surface area contributed by atoms with Crippen LogP contribution in [0.3, 0.4) is 0 Å². The Labute approximate surface area is 490 Å². The van der Waals surface area contributed by atoms with Crippen LogP contribution in [0, 0.1) is 0 Å². The fourth-order valence-electron chi connectivity index (χ4n) is 11.5. The fourth-order valence-corrected chi connectivity index (χ4v) is 11.5. The third kappa shape index (κ3) is 15.4. The van der Waals surface area contributed by atoms with Gasteiger partial charge in [0.1, 0.15) is 0 Å². The Morgan fingerprint density at radius 2 is 0.458 bits per heavy atom. The number of nitrogens with zero attached hydrogens (tertiary/aromatic N) is 2. The van der Waals surface area contributed by atoms with Crippen LogP contribution in [0.15, 0.2) is 194 Å². The molecule has 0 radical (unpaired) electrons. The van der Waals surface area contributed by atoms with E-state index in [0.29, 0.717) is 26.4 Å². The van der Waals surface area contributed by atoms with Gasteiger partial charge in [-0.1, -0.05) is 121 Å². The maximum atomic E-state index is 6.17. The van der Waals surface area contributed by atoms with Gasteiger partial charge in [-0.3, -0.25) is 0 Å². The first-order valence-corrected chi connectivity index (χ1v) is 30.4. The van der Waals surface area contributed by atoms with E-state index in [0.717, 1.165) is 189 Å². The van der Waals surface area contributed by atoms with Crippen molar-refractivity contribution in [1.29, 1.82) is 0 Å². The molecule has 4 unspecified atom stereocenters. The number of ether oxygens (including phenoxy) is 8. The summed E-state index contributed by atoms with van der Waals surface area (Å²) in [6.45, 7) is 5.23. The molecule has 4 heterocycles. The second-order valence-corrected chi connectivity index (χ2v) is 22.4. The van der Waals surface area contributed by atoms with Crippen LogP contribution in [0.4, 0.5) is 34.1 Å². The highest BCUT2D eigenvalue weighted by molar-refractivity contribution is 5.80. The Morgan fingerprint density at radius 1 is 0.253 bits per heavy atom. The molecule has 4 saturated heterocycles. The monoisotopic (exact) mass is 1110 g/mol. The first-order chi connectivity index (χ1) is 41.1. The molecule has 0 aromatic heterocycles. The van der Waals surface area contributed by atoms with Crippen LogP contribution in [-0.2, 0) is 70.7 Å². The molecule has 4 atom stereocenters. The van der Waals surface area contributed by atoms with Gasteiger partial charge in [0, 0.05) is 60.6 Å². The molecule has 4 aliphatic rings. The number of anilines is 6. The lowest BCUT2D eigenvalue weighted by Crippen LogP contribution is -2.22. The first kappa shape index (κ1) is 56.5. The molecule has 0 saturated carbocycles. The van der Waals surface area contributed by atoms with Crippen molar-refractivity contribution in [3.63, 3.8) is 0 Å². The van der Waals surface area contributed by atoms with Crippen molar-refractivity contribution < 1.29 is 37.9 Å². The summed E-state index contributed by atoms with van der Waals surface area (Å²) in [6.07, 6.45) is 13.2. The van der Waals surface area contributed by atoms with Gasteiger partial charge in [-0.2, -0.15) is 0 Å². The minimum atomic E-state index is -0.131. The van der Waals surface area contributed by atoms with Gasteiger partial charge in [0.25, 0.3) is 0 Å². The van der Waals surface area contributed by atoms with Gasteiger partial charge in [-0.15, -0.1) is 0 Å². The molecule has 83 heavy (non-hydrogen) atoms. The zero-order valence-corrected chi connectivity index (χ0v) is 47.8. The number of rotatable bonds is 22. The van der Waals surface area contributed by atoms with E-state index < -0.39 is 0 Å². The minimum Gasteiger partial charge on any atom is -0.353 e. The molecule has 428 valence electrons. The summed E-state index contributed by atoms with van der Waals surface area (Å²) < 4.78 is 47.7. The van der Waals surface area contributed by atoms with Crippen LogP contribution >= 0.6 is 0 Å². The van der Waals surface area contributed by atoms with Gasteiger partial charge < -0.3 is 47.7 Å². The normalized spacial score (nSPS) is 19.3. The summed E-state index contributed by atoms with van der Waals surface area (Å²) in [5.41, 5.74) is 18.1. The first-order valence-electron chi connectivity index (χ1n) is 30.4. The van der Waals surface area contributed by atoms with Crippen molar-refractivity contribution in [2.45, 2.75) is 135 Å². The molecule has 4 fully saturated rings. The van der Waals surface area contributed by atoms with E-state index in [1.54, 1.807) is 0 Å². The lowest BCUT2D eigenvalue weighted by Gasteiger charge is -2.27. The van der Waals surface area contributed by atoms with E-state index in [9.17, 15) is 0 Å². The van der Waals surface area contributed by atoms with Gasteiger partial charge in [-0.25, -0.2) is 0 Å². The average molecular weight is 1110 g/mol. The van der Waals surface area contributed by atoms with Gasteiger partial charge >= 0.3 is 0 Å². The van der Waals surface area contributed by atoms with Gasteiger partial charge in [-0.05, 0) is 212 Å². The van der Waals surface area contributed by atoms with Crippen LogP contribution in [0.5, 0.6) is 0 Å². The predicted molar refractivity (Wildman–Crippen MR) is 329 cm³/mol. The van der Waals surface area contributed by atoms with Crippen LogP contribution in [0.25, 0.3) is 22.3 Å². The van der Waals surface area contributed by atoms with Crippen molar-refractivity contribution >= 4 is 34.1 Å². The molecule has 0 spiro atoms. The zero-order chi connectivity index (χ0) is 55.8. The van der Waals surface area contributed by atoms with Crippen LogP contribution in [0.2, 0.25) is 0 Å². The summed E-state index contributed by atoms with van der Waals surface area (Å²) >= 11 is 0. The molecule has 4 aliphatic heterocycles. The Bertz CT molecular complexity index is 2980. The molecule has 10 heteroatoms. The second-order valence-electron chi connectivity index (χ2n) is 22.4. The van der Waals surface area contributed by atoms with Crippen molar-refractivity contribution in [2.75, 3.05) is 36.2 Å². The third-order valence-corrected chi connectivity index (χ3v) is 16.3. The van der Waals surface area contributed by atoms with E-state index in [1.807, 2.05) is 0 Å². The smallest absolute Gasteiger partial charge is 0.158 e. The second kappa shape index (κ2) is 28.5. The van der Waals surface area contributed by atoms with Gasteiger partial charge in [0.05, 0.1) is 26.4 Å². The minimum absolute atomic E-state index is 0.101. The quantitative estimate of drug-likeness (QED) is 0.0655. The molecule has 0 bridgehead atoms. The maximum Gasteiger partial charge on any atom is 0.158 e. The molecule has 0 N–H and O–H groups in total. The molecular formula is C73H78N2O8. The molecule has 12 rings (SSSR count). The largest absolute Gasteiger partial charge is 0.353 e. The van der Waals surface area contributed by atoms with E-state index >= 15 is 0 Å². The van der Waals surface area contributed by atoms with E-state index in [2.05, 4.69) is 204 Å². The Morgan fingerprint density at radius 3 is 0.687 bits per heavy atom. The van der Waals surface area contributed by atoms with Crippen molar-refractivity contribution in [3.8, 4) is 22.3 Å². The lowest BCUT2D eigenvalue weighted by atomic mass is 10.0. The summed E-state index contributed by atoms with van der Waals surface area (Å²) in [5.74, 6) is 0. The summed E-state index contributed by atoms with van der Waals surface area (Å²) in [5, 5.41) is 0. The summed E-state index contributed by atoms with van der Waals surface area (Å²) in [6, 6.07) is 70.6. The summed E-state index contributed by atoms with van der Waals surface area (Å²) in [4.78, 5) is 4.66. The molecule has 8 aromatic rings. The number of benzene rings is 8. The van der Waals surface area contributed by atoms with Crippen molar-refractivity contribution in [2.24, 2.45) is 0 Å². The standard InChI is InChI=1S/C73H78N2O8/c1-5-45-76-70(9-1)80-50-56-13-25-60(26-14-56)62-29-41-68(42-30-62)74(66-37-21-58(22-38-66)52-82-72-11-3-7-47-78-72)64-33-17-54(18-34-64)49-55-19-35-65(36-20-55)75(67-39-23-59(24-40-67)53-83-73-12-4-8-48-79-73)69-43-31-63(32-44-69)61-27-15-57(16-28-61)51-81-71-10-2-6-46-77-71/h13-44,70-73H,1-12,45-53H2. The maximum absolute atomic E-state index is 6.17. The topological polar surface area (TPSA) is 80.3 Å². The third-order valence-electron chi connectivity index (χ3n) is 16.3. The highest BCUT2D eigenvalue weighted by Gasteiger charge is 2.20. The van der Waals surface area contributed by atoms with Crippen LogP contribution in [-0.4, -0.2) is 51.6 Å². The highest BCUT2D eigenvalue weighted by Crippen LogP contribution is 2.39. The lowest BCUT2D eigenvalue weighted by molar-refractivity contribution is -0.169. The van der Waals surface area contributed by atoms with Crippen LogP contribution < -0.4 is 9.80 Å². The zero-order valence-electron chi connectivity index (χ0n) is 47.8. The Hall–Kier alpha value is -6.96. The van der Waals surface area contributed by atoms with E-state index in [4.69, 9.17) is 37.9 Å². The van der Waals surface area contributed by atoms with E-state index in [-0.39, 0.29) is 25.2 Å². The molecule has 10 nitrogen and oxygen atoms in total. The highest BCUT2D eigenvalue weighted by atomic mass is 16.7. The van der Waals surface area contributed by atoms with E-state index in [1.165, 1.54) is 11.1 Å². The Kier molecular flexibility index (Phi) is 19.4. The summed E-state index contributed by atoms with van der Waals surface area (Å²) in [7, 11) is 0. The van der Waals surface area contributed by atoms with Crippen molar-refractivity contribution in [1.82, 2.24) is 0 Å². The van der Waals surface area contributed by atoms with Crippen LogP contribution in [0.1, 0.15) is 110 Å². The van der Waals surface area contributed by atoms with Crippen molar-refractivity contribution in [3.05, 3.63) is 228 Å². The molecule has 0 amide bonds. The fraction of sp³-hybridized carbons (Fsp3) is 0.342. The van der Waals surface area contributed by atoms with Gasteiger partial charge in [0.15, 0.2) is 25.2 Å². The molecular weight excluding hydrogens is 1030 g/mol. The van der Waals surface area contributed by atoms with Gasteiger partial charge in [0.2, 0.25) is 0 Å². The Balaban J connectivity index is 0.751. The SMILES string of the molecule is c1cc(-c2ccc(N(c3ccc(COC4CCCCO4)cc3)c3ccc(Cc4ccc(N(c5ccc(COC6CCCCO6)cc5)c5ccc(-c6ccc(COC7CCCCO7)cc6)cc5)cc4)cc3)cc2)ccc1COC1CCCCO1. The average Bonchev–Trinajstić information content (AvgIpc) is 3.72.